The van der Waals surface area contributed by atoms with Crippen molar-refractivity contribution in [2.75, 3.05) is 0 Å². The van der Waals surface area contributed by atoms with Gasteiger partial charge in [-0.2, -0.15) is 5.48 Å². The summed E-state index contributed by atoms with van der Waals surface area (Å²) in [6.07, 6.45) is -0.844. The lowest BCUT2D eigenvalue weighted by atomic mass is 10.2. The third-order valence-corrected chi connectivity index (χ3v) is 2.39. The maximum atomic E-state index is 11.4. The molecule has 0 bridgehead atoms. The normalized spacial score (nSPS) is 10.8. The first kappa shape index (κ1) is 16.3. The minimum absolute atomic E-state index is 0.107. The number of carbonyl (C=O) groups excluding carboxylic acids is 1. The lowest BCUT2D eigenvalue weighted by molar-refractivity contribution is -0.384. The molecule has 0 saturated heterocycles. The second kappa shape index (κ2) is 6.15. The van der Waals surface area contributed by atoms with Gasteiger partial charge in [0.25, 0.3) is 5.69 Å². The molecule has 9 heteroatoms. The van der Waals surface area contributed by atoms with Gasteiger partial charge in [0.05, 0.1) is 15.0 Å². The molecule has 0 aliphatic carbocycles. The van der Waals surface area contributed by atoms with Crippen molar-refractivity contribution >= 4 is 35.0 Å². The molecular formula is C11H12Cl2N2O5. The third-order valence-electron chi connectivity index (χ3n) is 1.83. The summed E-state index contributed by atoms with van der Waals surface area (Å²) in [5.41, 5.74) is 1.00. The highest BCUT2D eigenvalue weighted by Gasteiger charge is 2.19. The van der Waals surface area contributed by atoms with Crippen molar-refractivity contribution in [2.45, 2.75) is 26.4 Å². The molecule has 1 aromatic carbocycles. The Morgan fingerprint density at radius 1 is 1.30 bits per heavy atom. The number of ether oxygens (including phenoxy) is 1. The lowest BCUT2D eigenvalue weighted by Gasteiger charge is -2.19. The summed E-state index contributed by atoms with van der Waals surface area (Å²) in [5, 5.41) is 10.4. The van der Waals surface area contributed by atoms with Gasteiger partial charge in [-0.05, 0) is 20.8 Å². The summed E-state index contributed by atoms with van der Waals surface area (Å²) in [7, 11) is 0. The van der Waals surface area contributed by atoms with Crippen LogP contribution in [0, 0.1) is 10.1 Å². The predicted octanol–water partition coefficient (Wildman–Crippen LogP) is 3.72. The highest BCUT2D eigenvalue weighted by atomic mass is 35.5. The van der Waals surface area contributed by atoms with Crippen molar-refractivity contribution in [1.82, 2.24) is 5.48 Å². The summed E-state index contributed by atoms with van der Waals surface area (Å²) in [6.45, 7) is 5.04. The monoisotopic (exact) mass is 322 g/mol. The molecule has 0 aliphatic rings. The van der Waals surface area contributed by atoms with E-state index in [4.69, 9.17) is 32.8 Å². The van der Waals surface area contributed by atoms with E-state index in [9.17, 15) is 14.9 Å². The molecule has 0 spiro atoms. The fraction of sp³-hybridized carbons (Fsp3) is 0.364. The first-order valence-corrected chi connectivity index (χ1v) is 6.15. The van der Waals surface area contributed by atoms with Gasteiger partial charge in [0, 0.05) is 12.1 Å². The van der Waals surface area contributed by atoms with Crippen LogP contribution in [0.1, 0.15) is 20.8 Å². The standard InChI is InChI=1S/C11H12Cl2N2O5/c1-11(2,3)19-10(16)14-20-9-7(12)4-6(15(17)18)5-8(9)13/h4-5H,1-3H3,(H,14,16). The van der Waals surface area contributed by atoms with Gasteiger partial charge in [-0.15, -0.1) is 0 Å². The van der Waals surface area contributed by atoms with Crippen molar-refractivity contribution in [3.63, 3.8) is 0 Å². The molecule has 20 heavy (non-hydrogen) atoms. The number of nitro benzene ring substituents is 1. The third kappa shape index (κ3) is 4.75. The Kier molecular flexibility index (Phi) is 5.02. The maximum Gasteiger partial charge on any atom is 0.441 e. The topological polar surface area (TPSA) is 90.7 Å². The van der Waals surface area contributed by atoms with Crippen LogP contribution >= 0.6 is 23.2 Å². The van der Waals surface area contributed by atoms with E-state index in [1.807, 2.05) is 5.48 Å². The number of nitro groups is 1. The Balaban J connectivity index is 2.79. The average Bonchev–Trinajstić information content (AvgIpc) is 2.24. The number of rotatable bonds is 3. The summed E-state index contributed by atoms with van der Waals surface area (Å²) in [6, 6.07) is 2.11. The fourth-order valence-corrected chi connectivity index (χ4v) is 1.69. The number of benzene rings is 1. The Bertz CT molecular complexity index is 519. The van der Waals surface area contributed by atoms with Crippen LogP contribution in [0.15, 0.2) is 12.1 Å². The van der Waals surface area contributed by atoms with E-state index in [1.165, 1.54) is 0 Å². The van der Waals surface area contributed by atoms with Crippen molar-refractivity contribution in [3.05, 3.63) is 32.3 Å². The number of non-ortho nitro benzene ring substituents is 1. The van der Waals surface area contributed by atoms with Crippen LogP contribution in [0.2, 0.25) is 10.0 Å². The van der Waals surface area contributed by atoms with Gasteiger partial charge in [0.15, 0.2) is 5.75 Å². The van der Waals surface area contributed by atoms with Crippen LogP contribution < -0.4 is 10.3 Å². The molecule has 110 valence electrons. The van der Waals surface area contributed by atoms with E-state index in [0.29, 0.717) is 0 Å². The molecule has 1 amide bonds. The molecule has 1 rings (SSSR count). The van der Waals surface area contributed by atoms with E-state index in [1.54, 1.807) is 20.8 Å². The first-order valence-electron chi connectivity index (χ1n) is 5.39. The maximum absolute atomic E-state index is 11.4. The molecule has 1 N–H and O–H groups in total. The van der Waals surface area contributed by atoms with Crippen molar-refractivity contribution < 1.29 is 19.3 Å². The summed E-state index contributed by atoms with van der Waals surface area (Å²) in [4.78, 5) is 26.2. The summed E-state index contributed by atoms with van der Waals surface area (Å²) in [5.74, 6) is -0.107. The number of hydrogen-bond acceptors (Lipinski definition) is 5. The Morgan fingerprint density at radius 2 is 1.80 bits per heavy atom. The van der Waals surface area contributed by atoms with E-state index < -0.39 is 16.6 Å². The number of nitrogens with one attached hydrogen (secondary N) is 1. The molecule has 0 heterocycles. The van der Waals surface area contributed by atoms with Gasteiger partial charge in [-0.3, -0.25) is 10.1 Å². The molecule has 0 saturated carbocycles. The molecule has 0 aliphatic heterocycles. The Labute approximate surface area is 124 Å². The Morgan fingerprint density at radius 3 is 2.20 bits per heavy atom. The minimum atomic E-state index is -0.844. The van der Waals surface area contributed by atoms with E-state index in [2.05, 4.69) is 0 Å². The molecule has 0 aromatic heterocycles. The number of hydrogen-bond donors (Lipinski definition) is 1. The van der Waals surface area contributed by atoms with Crippen molar-refractivity contribution in [1.29, 1.82) is 0 Å². The second-order valence-electron chi connectivity index (χ2n) is 4.70. The highest BCUT2D eigenvalue weighted by molar-refractivity contribution is 6.37. The van der Waals surface area contributed by atoms with Crippen LogP contribution in [0.3, 0.4) is 0 Å². The van der Waals surface area contributed by atoms with Crippen LogP contribution in [-0.4, -0.2) is 16.6 Å². The van der Waals surface area contributed by atoms with Gasteiger partial charge < -0.3 is 9.57 Å². The smallest absolute Gasteiger partial charge is 0.441 e. The molecule has 7 nitrogen and oxygen atoms in total. The quantitative estimate of drug-likeness (QED) is 0.676. The highest BCUT2D eigenvalue weighted by Crippen LogP contribution is 2.36. The fourth-order valence-electron chi connectivity index (χ4n) is 1.14. The zero-order chi connectivity index (χ0) is 15.5. The van der Waals surface area contributed by atoms with Crippen LogP contribution in [-0.2, 0) is 4.74 Å². The van der Waals surface area contributed by atoms with E-state index >= 15 is 0 Å². The van der Waals surface area contributed by atoms with Crippen LogP contribution in [0.5, 0.6) is 5.75 Å². The summed E-state index contributed by atoms with van der Waals surface area (Å²) >= 11 is 11.6. The lowest BCUT2D eigenvalue weighted by Crippen LogP contribution is -2.34. The van der Waals surface area contributed by atoms with Gasteiger partial charge in [-0.25, -0.2) is 4.79 Å². The van der Waals surface area contributed by atoms with Gasteiger partial charge in [-0.1, -0.05) is 23.2 Å². The number of amides is 1. The van der Waals surface area contributed by atoms with Crippen LogP contribution in [0.4, 0.5) is 10.5 Å². The summed E-state index contributed by atoms with van der Waals surface area (Å²) < 4.78 is 4.93. The molecule has 0 unspecified atom stereocenters. The van der Waals surface area contributed by atoms with Crippen LogP contribution in [0.25, 0.3) is 0 Å². The SMILES string of the molecule is CC(C)(C)OC(=O)NOc1c(Cl)cc([N+](=O)[O-])cc1Cl. The second-order valence-corrected chi connectivity index (χ2v) is 5.52. The molecule has 0 atom stereocenters. The van der Waals surface area contributed by atoms with Crippen molar-refractivity contribution in [2.24, 2.45) is 0 Å². The average molecular weight is 323 g/mol. The van der Waals surface area contributed by atoms with Crippen molar-refractivity contribution in [3.8, 4) is 5.75 Å². The van der Waals surface area contributed by atoms with Gasteiger partial charge >= 0.3 is 6.09 Å². The number of nitrogens with zero attached hydrogens (tertiary/aromatic N) is 1. The molecular weight excluding hydrogens is 311 g/mol. The predicted molar refractivity (Wildman–Crippen MR) is 73.1 cm³/mol. The van der Waals surface area contributed by atoms with Gasteiger partial charge in [0.2, 0.25) is 0 Å². The zero-order valence-electron chi connectivity index (χ0n) is 10.9. The number of hydroxylamine groups is 1. The Hall–Kier alpha value is -1.73. The molecule has 0 fully saturated rings. The largest absolute Gasteiger partial charge is 0.442 e. The first-order chi connectivity index (χ1) is 9.10. The van der Waals surface area contributed by atoms with Gasteiger partial charge in [0.1, 0.15) is 5.60 Å². The van der Waals surface area contributed by atoms with E-state index in [-0.39, 0.29) is 21.5 Å². The number of carbonyl (C=O) groups is 1. The molecule has 0 radical (unpaired) electrons. The number of halogens is 2. The zero-order valence-corrected chi connectivity index (χ0v) is 12.4. The van der Waals surface area contributed by atoms with E-state index in [0.717, 1.165) is 12.1 Å². The minimum Gasteiger partial charge on any atom is -0.442 e. The molecule has 1 aromatic rings.